The molecule has 1 atom stereocenters. The minimum absolute atomic E-state index is 0.0185. The number of hydrogen-bond donors (Lipinski definition) is 1. The van der Waals surface area contributed by atoms with Crippen molar-refractivity contribution in [1.82, 2.24) is 4.98 Å². The van der Waals surface area contributed by atoms with E-state index in [-0.39, 0.29) is 5.03 Å². The largest absolute Gasteiger partial charge is 0.393 e. The maximum absolute atomic E-state index is 12.0. The van der Waals surface area contributed by atoms with E-state index in [1.165, 1.54) is 18.3 Å². The van der Waals surface area contributed by atoms with Crippen LogP contribution >= 0.6 is 0 Å². The van der Waals surface area contributed by atoms with Crippen LogP contribution in [0.4, 0.5) is 0 Å². The smallest absolute Gasteiger partial charge is 0.216 e. The third-order valence-corrected chi connectivity index (χ3v) is 4.60. The van der Waals surface area contributed by atoms with Crippen molar-refractivity contribution in [2.75, 3.05) is 0 Å². The molecule has 2 rings (SSSR count). The number of aromatic nitrogens is 1. The van der Waals surface area contributed by atoms with Crippen LogP contribution in [0.25, 0.3) is 0 Å². The number of benzene rings is 1. The second-order valence-corrected chi connectivity index (χ2v) is 6.78. The molecule has 1 N–H and O–H groups in total. The van der Waals surface area contributed by atoms with E-state index in [2.05, 4.69) is 4.98 Å². The van der Waals surface area contributed by atoms with Gasteiger partial charge in [0.1, 0.15) is 0 Å². The van der Waals surface area contributed by atoms with E-state index in [1.54, 1.807) is 12.1 Å². The number of aryl methyl sites for hydroxylation is 1. The summed E-state index contributed by atoms with van der Waals surface area (Å²) in [5, 5.41) is 11.0. The van der Waals surface area contributed by atoms with E-state index in [1.807, 2.05) is 30.3 Å². The van der Waals surface area contributed by atoms with Crippen LogP contribution in [0, 0.1) is 0 Å². The Morgan fingerprint density at radius 1 is 1.09 bits per heavy atom. The summed E-state index contributed by atoms with van der Waals surface area (Å²) < 4.78 is 23.9. The van der Waals surface area contributed by atoms with Crippen LogP contribution in [-0.2, 0) is 16.3 Å². The molecule has 0 radical (unpaired) electrons. The standard InChI is InChI=1S/C17H19NO3S/c19-16(12-11-15-7-2-1-3-8-15)9-6-14-22(20,21)17-10-4-5-13-18-17/h1-8,10,13-14,16,19H,9,11-12H2/b14-6+. The van der Waals surface area contributed by atoms with Crippen LogP contribution in [-0.4, -0.2) is 24.6 Å². The first kappa shape index (κ1) is 16.4. The molecule has 5 heteroatoms. The number of hydrogen-bond acceptors (Lipinski definition) is 4. The summed E-state index contributed by atoms with van der Waals surface area (Å²) in [6.45, 7) is 0. The fraction of sp³-hybridized carbons (Fsp3) is 0.235. The summed E-state index contributed by atoms with van der Waals surface area (Å²) in [6, 6.07) is 14.6. The molecular formula is C17H19NO3S. The van der Waals surface area contributed by atoms with Crippen molar-refractivity contribution in [3.8, 4) is 0 Å². The van der Waals surface area contributed by atoms with E-state index < -0.39 is 15.9 Å². The van der Waals surface area contributed by atoms with Crippen molar-refractivity contribution in [3.05, 3.63) is 71.8 Å². The molecule has 1 aromatic carbocycles. The van der Waals surface area contributed by atoms with E-state index in [9.17, 15) is 13.5 Å². The van der Waals surface area contributed by atoms with E-state index >= 15 is 0 Å². The van der Waals surface area contributed by atoms with Crippen molar-refractivity contribution in [2.45, 2.75) is 30.4 Å². The molecule has 0 bridgehead atoms. The van der Waals surface area contributed by atoms with Crippen LogP contribution in [0.1, 0.15) is 18.4 Å². The highest BCUT2D eigenvalue weighted by Crippen LogP contribution is 2.11. The minimum Gasteiger partial charge on any atom is -0.393 e. The average Bonchev–Trinajstić information content (AvgIpc) is 2.54. The van der Waals surface area contributed by atoms with Crippen LogP contribution < -0.4 is 0 Å². The Morgan fingerprint density at radius 3 is 2.50 bits per heavy atom. The van der Waals surface area contributed by atoms with Gasteiger partial charge in [-0.1, -0.05) is 42.5 Å². The Labute approximate surface area is 131 Å². The molecule has 0 saturated carbocycles. The molecule has 0 spiro atoms. The van der Waals surface area contributed by atoms with Crippen molar-refractivity contribution in [2.24, 2.45) is 0 Å². The zero-order valence-corrected chi connectivity index (χ0v) is 13.0. The maximum atomic E-state index is 12.0. The Kier molecular flexibility index (Phi) is 5.86. The quantitative estimate of drug-likeness (QED) is 0.852. The van der Waals surface area contributed by atoms with Crippen molar-refractivity contribution in [3.63, 3.8) is 0 Å². The van der Waals surface area contributed by atoms with Gasteiger partial charge in [0.05, 0.1) is 6.10 Å². The lowest BCUT2D eigenvalue weighted by molar-refractivity contribution is 0.168. The van der Waals surface area contributed by atoms with E-state index in [0.29, 0.717) is 12.8 Å². The van der Waals surface area contributed by atoms with E-state index in [4.69, 9.17) is 0 Å². The van der Waals surface area contributed by atoms with Crippen LogP contribution in [0.15, 0.2) is 71.2 Å². The number of pyridine rings is 1. The zero-order chi connectivity index (χ0) is 15.8. The third kappa shape index (κ3) is 5.09. The molecule has 1 heterocycles. The first-order valence-electron chi connectivity index (χ1n) is 7.12. The Bertz CT molecular complexity index is 697. The third-order valence-electron chi connectivity index (χ3n) is 3.22. The lowest BCUT2D eigenvalue weighted by Crippen LogP contribution is -2.07. The van der Waals surface area contributed by atoms with E-state index in [0.717, 1.165) is 17.4 Å². The molecule has 116 valence electrons. The molecular weight excluding hydrogens is 298 g/mol. The lowest BCUT2D eigenvalue weighted by Gasteiger charge is -2.07. The highest BCUT2D eigenvalue weighted by molar-refractivity contribution is 7.94. The van der Waals surface area contributed by atoms with Gasteiger partial charge in [-0.2, -0.15) is 0 Å². The van der Waals surface area contributed by atoms with Gasteiger partial charge in [0, 0.05) is 11.6 Å². The van der Waals surface area contributed by atoms with Crippen molar-refractivity contribution in [1.29, 1.82) is 0 Å². The number of rotatable bonds is 7. The van der Waals surface area contributed by atoms with Gasteiger partial charge < -0.3 is 5.11 Å². The summed E-state index contributed by atoms with van der Waals surface area (Å²) in [5.41, 5.74) is 1.16. The molecule has 0 aliphatic carbocycles. The Balaban J connectivity index is 1.84. The van der Waals surface area contributed by atoms with Gasteiger partial charge in [0.2, 0.25) is 9.84 Å². The van der Waals surface area contributed by atoms with Gasteiger partial charge in [-0.05, 0) is 37.0 Å². The normalized spacial score (nSPS) is 13.3. The molecule has 1 aromatic heterocycles. The van der Waals surface area contributed by atoms with Crippen molar-refractivity contribution >= 4 is 9.84 Å². The SMILES string of the molecule is O=S(=O)(/C=C/CC(O)CCc1ccccc1)c1ccccn1. The van der Waals surface area contributed by atoms with Crippen molar-refractivity contribution < 1.29 is 13.5 Å². The predicted octanol–water partition coefficient (Wildman–Crippen LogP) is 2.75. The first-order chi connectivity index (χ1) is 10.6. The fourth-order valence-electron chi connectivity index (χ4n) is 2.02. The second-order valence-electron chi connectivity index (χ2n) is 5.00. The molecule has 0 aliphatic heterocycles. The van der Waals surface area contributed by atoms with Gasteiger partial charge in [0.25, 0.3) is 0 Å². The summed E-state index contributed by atoms with van der Waals surface area (Å²) in [6.07, 6.45) is 4.03. The zero-order valence-electron chi connectivity index (χ0n) is 12.2. The topological polar surface area (TPSA) is 67.3 Å². The monoisotopic (exact) mass is 317 g/mol. The molecule has 1 unspecified atom stereocenters. The number of aliphatic hydroxyl groups excluding tert-OH is 1. The van der Waals surface area contributed by atoms with Crippen LogP contribution in [0.5, 0.6) is 0 Å². The lowest BCUT2D eigenvalue weighted by atomic mass is 10.1. The molecule has 0 aliphatic rings. The molecule has 0 saturated heterocycles. The second kappa shape index (κ2) is 7.87. The number of sulfone groups is 1. The number of aliphatic hydroxyl groups is 1. The molecule has 22 heavy (non-hydrogen) atoms. The fourth-order valence-corrected chi connectivity index (χ4v) is 3.00. The Morgan fingerprint density at radius 2 is 1.82 bits per heavy atom. The summed E-state index contributed by atoms with van der Waals surface area (Å²) >= 11 is 0. The molecule has 2 aromatic rings. The van der Waals surface area contributed by atoms with Gasteiger partial charge in [-0.25, -0.2) is 13.4 Å². The Hall–Kier alpha value is -1.98. The predicted molar refractivity (Wildman–Crippen MR) is 85.9 cm³/mol. The van der Waals surface area contributed by atoms with Gasteiger partial charge in [-0.3, -0.25) is 0 Å². The summed E-state index contributed by atoms with van der Waals surface area (Å²) in [5.74, 6) is 0. The van der Waals surface area contributed by atoms with Crippen LogP contribution in [0.2, 0.25) is 0 Å². The minimum atomic E-state index is -3.53. The highest BCUT2D eigenvalue weighted by atomic mass is 32.2. The van der Waals surface area contributed by atoms with Gasteiger partial charge >= 0.3 is 0 Å². The van der Waals surface area contributed by atoms with Crippen LogP contribution in [0.3, 0.4) is 0 Å². The number of nitrogens with zero attached hydrogens (tertiary/aromatic N) is 1. The molecule has 0 fully saturated rings. The average molecular weight is 317 g/mol. The summed E-state index contributed by atoms with van der Waals surface area (Å²) in [7, 11) is -3.53. The summed E-state index contributed by atoms with van der Waals surface area (Å²) in [4.78, 5) is 3.82. The first-order valence-corrected chi connectivity index (χ1v) is 8.67. The molecule has 0 amide bonds. The van der Waals surface area contributed by atoms with Gasteiger partial charge in [0.15, 0.2) is 5.03 Å². The maximum Gasteiger partial charge on any atom is 0.216 e. The van der Waals surface area contributed by atoms with Gasteiger partial charge in [-0.15, -0.1) is 0 Å². The molecule has 4 nitrogen and oxygen atoms in total. The highest BCUT2D eigenvalue weighted by Gasteiger charge is 2.11.